The van der Waals surface area contributed by atoms with Gasteiger partial charge in [-0.2, -0.15) is 5.26 Å². The first-order chi connectivity index (χ1) is 22.2. The minimum Gasteiger partial charge on any atom is -0.321 e. The van der Waals surface area contributed by atoms with Gasteiger partial charge in [-0.15, -0.1) is 23.1 Å². The SMILES string of the molecule is CCC(Sc1cccc(NC(=O)/C(=C\c2cccc(Br)c2)NC(=O)c2ccccc2)c1)C(=O)Nc1sc2c(c1C#N)CCC(C)C2. The average molecular weight is 714 g/mol. The number of hydrogen-bond donors (Lipinski definition) is 3. The largest absolute Gasteiger partial charge is 0.321 e. The lowest BCUT2D eigenvalue weighted by atomic mass is 9.88. The van der Waals surface area contributed by atoms with Gasteiger partial charge in [0.2, 0.25) is 5.91 Å². The number of benzene rings is 3. The molecule has 1 aliphatic rings. The van der Waals surface area contributed by atoms with Gasteiger partial charge in [-0.05, 0) is 91.3 Å². The lowest BCUT2D eigenvalue weighted by Gasteiger charge is -2.17. The van der Waals surface area contributed by atoms with Crippen LogP contribution in [0.5, 0.6) is 0 Å². The molecule has 0 saturated carbocycles. The number of nitrogens with one attached hydrogen (secondary N) is 3. The number of nitriles is 1. The second-order valence-electron chi connectivity index (χ2n) is 11.1. The van der Waals surface area contributed by atoms with E-state index in [2.05, 4.69) is 44.9 Å². The van der Waals surface area contributed by atoms with Gasteiger partial charge in [0.25, 0.3) is 11.8 Å². The molecule has 0 aliphatic heterocycles. The van der Waals surface area contributed by atoms with E-state index in [1.165, 1.54) is 28.0 Å². The lowest BCUT2D eigenvalue weighted by molar-refractivity contribution is -0.116. The Morgan fingerprint density at radius 3 is 2.59 bits per heavy atom. The van der Waals surface area contributed by atoms with Crippen LogP contribution in [0.1, 0.15) is 58.6 Å². The molecular weight excluding hydrogens is 680 g/mol. The molecule has 0 spiro atoms. The first-order valence-corrected chi connectivity index (χ1v) is 17.5. The number of fused-ring (bicyclic) bond motifs is 1. The van der Waals surface area contributed by atoms with E-state index < -0.39 is 17.1 Å². The molecule has 1 aliphatic carbocycles. The summed E-state index contributed by atoms with van der Waals surface area (Å²) in [6.07, 6.45) is 5.04. The number of thiophene rings is 1. The van der Waals surface area contributed by atoms with Crippen LogP contribution in [0.2, 0.25) is 0 Å². The van der Waals surface area contributed by atoms with Crippen molar-refractivity contribution in [2.75, 3.05) is 10.6 Å². The van der Waals surface area contributed by atoms with E-state index in [1.54, 1.807) is 42.5 Å². The summed E-state index contributed by atoms with van der Waals surface area (Å²) in [5, 5.41) is 18.8. The lowest BCUT2D eigenvalue weighted by Crippen LogP contribution is -2.30. The van der Waals surface area contributed by atoms with Gasteiger partial charge in [0, 0.05) is 25.5 Å². The fraction of sp³-hybridized carbons (Fsp3) is 0.222. The fourth-order valence-electron chi connectivity index (χ4n) is 5.19. The van der Waals surface area contributed by atoms with Crippen molar-refractivity contribution < 1.29 is 14.4 Å². The van der Waals surface area contributed by atoms with Crippen molar-refractivity contribution in [3.05, 3.63) is 116 Å². The Morgan fingerprint density at radius 1 is 1.07 bits per heavy atom. The van der Waals surface area contributed by atoms with Crippen molar-refractivity contribution in [2.45, 2.75) is 49.7 Å². The van der Waals surface area contributed by atoms with E-state index in [9.17, 15) is 19.6 Å². The van der Waals surface area contributed by atoms with E-state index >= 15 is 0 Å². The molecule has 3 amide bonds. The molecule has 5 rings (SSSR count). The Bertz CT molecular complexity index is 1830. The van der Waals surface area contributed by atoms with Crippen molar-refractivity contribution in [3.8, 4) is 6.07 Å². The van der Waals surface area contributed by atoms with E-state index in [0.29, 0.717) is 34.2 Å². The van der Waals surface area contributed by atoms with Crippen molar-refractivity contribution >= 4 is 73.5 Å². The first-order valence-electron chi connectivity index (χ1n) is 15.0. The van der Waals surface area contributed by atoms with Gasteiger partial charge in [0.1, 0.15) is 16.8 Å². The predicted octanol–water partition coefficient (Wildman–Crippen LogP) is 8.43. The maximum atomic E-state index is 13.5. The van der Waals surface area contributed by atoms with Crippen LogP contribution in [-0.4, -0.2) is 23.0 Å². The number of halogens is 1. The summed E-state index contributed by atoms with van der Waals surface area (Å²) < 4.78 is 0.840. The van der Waals surface area contributed by atoms with E-state index in [1.807, 2.05) is 49.4 Å². The Kier molecular flexibility index (Phi) is 11.1. The maximum Gasteiger partial charge on any atom is 0.272 e. The van der Waals surface area contributed by atoms with Gasteiger partial charge in [-0.1, -0.05) is 66.2 Å². The summed E-state index contributed by atoms with van der Waals surface area (Å²) >= 11 is 6.37. The summed E-state index contributed by atoms with van der Waals surface area (Å²) in [5.41, 5.74) is 3.43. The molecule has 4 aromatic rings. The van der Waals surface area contributed by atoms with Crippen LogP contribution >= 0.6 is 39.0 Å². The van der Waals surface area contributed by atoms with Crippen LogP contribution in [-0.2, 0) is 22.4 Å². The highest BCUT2D eigenvalue weighted by molar-refractivity contribution is 9.10. The zero-order valence-corrected chi connectivity index (χ0v) is 28.7. The van der Waals surface area contributed by atoms with Crippen LogP contribution < -0.4 is 16.0 Å². The topological polar surface area (TPSA) is 111 Å². The standard InChI is InChI=1S/C36H33BrN4O3S2/c1-3-31(35(44)41-36-29(21-38)28-16-15-22(2)17-32(28)46-36)45-27-14-8-13-26(20-27)39-34(43)30(19-23-9-7-12-25(37)18-23)40-33(42)24-10-5-4-6-11-24/h4-14,18-20,22,31H,3,15-17H2,1-2H3,(H,39,43)(H,40,42)(H,41,44)/b30-19+. The Balaban J connectivity index is 1.30. The molecular formula is C36H33BrN4O3S2. The average Bonchev–Trinajstić information content (AvgIpc) is 3.39. The number of amides is 3. The number of hydrogen-bond acceptors (Lipinski definition) is 6. The second-order valence-corrected chi connectivity index (χ2v) is 14.4. The van der Waals surface area contributed by atoms with E-state index in [-0.39, 0.29) is 11.6 Å². The molecule has 10 heteroatoms. The van der Waals surface area contributed by atoms with Crippen LogP contribution in [0, 0.1) is 17.2 Å². The number of thioether (sulfide) groups is 1. The molecule has 0 bridgehead atoms. The zero-order valence-electron chi connectivity index (χ0n) is 25.4. The number of carbonyl (C=O) groups is 3. The molecule has 46 heavy (non-hydrogen) atoms. The molecule has 0 radical (unpaired) electrons. The van der Waals surface area contributed by atoms with Crippen LogP contribution in [0.15, 0.2) is 93.9 Å². The minimum absolute atomic E-state index is 0.0807. The van der Waals surface area contributed by atoms with Gasteiger partial charge in [0.05, 0.1) is 10.8 Å². The molecule has 1 aromatic heterocycles. The van der Waals surface area contributed by atoms with Gasteiger partial charge in [-0.3, -0.25) is 14.4 Å². The molecule has 0 fully saturated rings. The van der Waals surface area contributed by atoms with Crippen LogP contribution in [0.4, 0.5) is 10.7 Å². The third-order valence-corrected chi connectivity index (χ3v) is 10.6. The van der Waals surface area contributed by atoms with Crippen molar-refractivity contribution in [2.24, 2.45) is 5.92 Å². The van der Waals surface area contributed by atoms with Gasteiger partial charge in [-0.25, -0.2) is 0 Å². The molecule has 0 saturated heterocycles. The molecule has 7 nitrogen and oxygen atoms in total. The summed E-state index contributed by atoms with van der Waals surface area (Å²) in [6, 6.07) is 25.7. The molecule has 234 valence electrons. The van der Waals surface area contributed by atoms with Gasteiger partial charge in [0.15, 0.2) is 0 Å². The fourth-order valence-corrected chi connectivity index (χ4v) is 7.98. The van der Waals surface area contributed by atoms with E-state index in [0.717, 1.165) is 39.8 Å². The van der Waals surface area contributed by atoms with Crippen LogP contribution in [0.3, 0.4) is 0 Å². The molecule has 3 aromatic carbocycles. The number of anilines is 2. The molecule has 2 atom stereocenters. The summed E-state index contributed by atoms with van der Waals surface area (Å²) in [7, 11) is 0. The Morgan fingerprint density at radius 2 is 1.85 bits per heavy atom. The molecule has 2 unspecified atom stereocenters. The Labute approximate surface area is 285 Å². The summed E-state index contributed by atoms with van der Waals surface area (Å²) in [6.45, 7) is 4.16. The van der Waals surface area contributed by atoms with Crippen LogP contribution in [0.25, 0.3) is 6.08 Å². The monoisotopic (exact) mass is 712 g/mol. The number of rotatable bonds is 10. The highest BCUT2D eigenvalue weighted by atomic mass is 79.9. The zero-order chi connectivity index (χ0) is 32.6. The second kappa shape index (κ2) is 15.4. The van der Waals surface area contributed by atoms with Crippen molar-refractivity contribution in [1.82, 2.24) is 5.32 Å². The summed E-state index contributed by atoms with van der Waals surface area (Å²) in [5.74, 6) is -0.483. The van der Waals surface area contributed by atoms with Crippen molar-refractivity contribution in [3.63, 3.8) is 0 Å². The third kappa shape index (κ3) is 8.35. The highest BCUT2D eigenvalue weighted by Crippen LogP contribution is 2.40. The highest BCUT2D eigenvalue weighted by Gasteiger charge is 2.27. The van der Waals surface area contributed by atoms with Gasteiger partial charge >= 0.3 is 0 Å². The van der Waals surface area contributed by atoms with Gasteiger partial charge < -0.3 is 16.0 Å². The number of carbonyl (C=O) groups excluding carboxylic acids is 3. The first kappa shape index (κ1) is 33.2. The third-order valence-electron chi connectivity index (χ3n) is 7.58. The number of nitrogens with zero attached hydrogens (tertiary/aromatic N) is 1. The molecule has 1 heterocycles. The normalized spacial score (nSPS) is 14.8. The quantitative estimate of drug-likeness (QED) is 0.113. The smallest absolute Gasteiger partial charge is 0.272 e. The predicted molar refractivity (Wildman–Crippen MR) is 190 cm³/mol. The maximum absolute atomic E-state index is 13.5. The van der Waals surface area contributed by atoms with Crippen molar-refractivity contribution in [1.29, 1.82) is 5.26 Å². The molecule has 3 N–H and O–H groups in total. The summed E-state index contributed by atoms with van der Waals surface area (Å²) in [4.78, 5) is 41.9. The Hall–Kier alpha value is -4.17. The van der Waals surface area contributed by atoms with E-state index in [4.69, 9.17) is 0 Å². The minimum atomic E-state index is -0.490.